The normalized spacial score (nSPS) is 23.8. The van der Waals surface area contributed by atoms with E-state index in [0.29, 0.717) is 28.1 Å². The lowest BCUT2D eigenvalue weighted by molar-refractivity contribution is -0.122. The summed E-state index contributed by atoms with van der Waals surface area (Å²) in [6, 6.07) is 24.0. The SMILES string of the molecule is COc1cccc(C(=O)C2C(C(=O)c3ccncc3)C3(C(=O)Nc4ccccc43)C3c4ccccc4C=CN23)c1. The number of hydrogen-bond donors (Lipinski definition) is 1. The van der Waals surface area contributed by atoms with Gasteiger partial charge in [0.25, 0.3) is 0 Å². The van der Waals surface area contributed by atoms with E-state index in [-0.39, 0.29) is 17.5 Å². The van der Waals surface area contributed by atoms with E-state index in [2.05, 4.69) is 10.3 Å². The summed E-state index contributed by atoms with van der Waals surface area (Å²) in [7, 11) is 1.55. The predicted molar refractivity (Wildman–Crippen MR) is 150 cm³/mol. The minimum Gasteiger partial charge on any atom is -0.497 e. The number of anilines is 1. The molecule has 4 heterocycles. The van der Waals surface area contributed by atoms with E-state index in [0.717, 1.165) is 11.1 Å². The molecule has 3 aliphatic heterocycles. The van der Waals surface area contributed by atoms with Crippen LogP contribution < -0.4 is 10.1 Å². The van der Waals surface area contributed by atoms with Crippen LogP contribution in [-0.4, -0.2) is 40.5 Å². The monoisotopic (exact) mass is 527 g/mol. The maximum atomic E-state index is 14.7. The Kier molecular flexibility index (Phi) is 5.42. The van der Waals surface area contributed by atoms with Gasteiger partial charge in [0.05, 0.1) is 19.1 Å². The quantitative estimate of drug-likeness (QED) is 0.365. The number of nitrogens with zero attached hydrogens (tertiary/aromatic N) is 2. The molecule has 1 amide bonds. The van der Waals surface area contributed by atoms with E-state index in [1.54, 1.807) is 55.9 Å². The number of ketones is 2. The van der Waals surface area contributed by atoms with E-state index in [9.17, 15) is 14.4 Å². The van der Waals surface area contributed by atoms with Gasteiger partial charge in [0.15, 0.2) is 11.6 Å². The van der Waals surface area contributed by atoms with Gasteiger partial charge < -0.3 is 15.0 Å². The highest BCUT2D eigenvalue weighted by Crippen LogP contribution is 2.62. The smallest absolute Gasteiger partial charge is 0.238 e. The molecule has 1 spiro atoms. The maximum Gasteiger partial charge on any atom is 0.238 e. The molecule has 0 radical (unpaired) electrons. The van der Waals surface area contributed by atoms with E-state index in [4.69, 9.17) is 4.74 Å². The number of methoxy groups -OCH3 is 1. The van der Waals surface area contributed by atoms with Crippen LogP contribution in [0.25, 0.3) is 6.08 Å². The molecule has 1 N–H and O–H groups in total. The number of nitrogens with one attached hydrogen (secondary N) is 1. The molecule has 1 saturated heterocycles. The molecule has 0 bridgehead atoms. The number of Topliss-reactive ketones (excluding diaryl/α,β-unsaturated/α-hetero) is 2. The van der Waals surface area contributed by atoms with Crippen molar-refractivity contribution in [3.63, 3.8) is 0 Å². The number of fused-ring (bicyclic) bond motifs is 6. The lowest BCUT2D eigenvalue weighted by Crippen LogP contribution is -2.49. The molecular weight excluding hydrogens is 502 g/mol. The highest BCUT2D eigenvalue weighted by molar-refractivity contribution is 6.16. The summed E-state index contributed by atoms with van der Waals surface area (Å²) in [4.78, 5) is 49.6. The van der Waals surface area contributed by atoms with Gasteiger partial charge in [-0.25, -0.2) is 0 Å². The fourth-order valence-electron chi connectivity index (χ4n) is 6.81. The van der Waals surface area contributed by atoms with Gasteiger partial charge in [0, 0.05) is 35.4 Å². The first-order chi connectivity index (χ1) is 19.6. The molecular formula is C33H25N3O4. The Balaban J connectivity index is 1.54. The number of pyridine rings is 1. The van der Waals surface area contributed by atoms with Gasteiger partial charge in [0.2, 0.25) is 5.91 Å². The number of rotatable bonds is 5. The second-order valence-corrected chi connectivity index (χ2v) is 10.3. The second kappa shape index (κ2) is 9.02. The number of ether oxygens (including phenoxy) is 1. The summed E-state index contributed by atoms with van der Waals surface area (Å²) < 4.78 is 5.40. The molecule has 1 aromatic heterocycles. The second-order valence-electron chi connectivity index (χ2n) is 10.3. The van der Waals surface area contributed by atoms with Crippen LogP contribution in [0.2, 0.25) is 0 Å². The van der Waals surface area contributed by atoms with Crippen molar-refractivity contribution in [1.82, 2.24) is 9.88 Å². The van der Waals surface area contributed by atoms with Crippen molar-refractivity contribution >= 4 is 29.2 Å². The highest BCUT2D eigenvalue weighted by Gasteiger charge is 2.70. The molecule has 3 aromatic carbocycles. The van der Waals surface area contributed by atoms with Crippen molar-refractivity contribution in [3.05, 3.63) is 131 Å². The standard InChI is InChI=1S/C33H25N3O4/c1-40-23-9-6-8-22(19-23)30(38)28-27(29(37)21-13-16-34-17-14-21)33(25-11-4-5-12-26(25)35-32(33)39)31-24-10-3-2-7-20(24)15-18-36(28)31/h2-19,27-28,31H,1H3,(H,35,39). The molecule has 3 aliphatic rings. The van der Waals surface area contributed by atoms with E-state index >= 15 is 0 Å². The van der Waals surface area contributed by atoms with Gasteiger partial charge in [-0.2, -0.15) is 0 Å². The van der Waals surface area contributed by atoms with Crippen LogP contribution in [0, 0.1) is 5.92 Å². The summed E-state index contributed by atoms with van der Waals surface area (Å²) in [5.41, 5.74) is 2.66. The Morgan fingerprint density at radius 3 is 2.50 bits per heavy atom. The number of aromatic nitrogens is 1. The molecule has 196 valence electrons. The number of benzene rings is 3. The van der Waals surface area contributed by atoms with E-state index in [1.807, 2.05) is 65.7 Å². The van der Waals surface area contributed by atoms with Crippen molar-refractivity contribution in [2.45, 2.75) is 17.5 Å². The molecule has 0 saturated carbocycles. The summed E-state index contributed by atoms with van der Waals surface area (Å²) in [6.45, 7) is 0. The van der Waals surface area contributed by atoms with Gasteiger partial charge in [-0.15, -0.1) is 0 Å². The average Bonchev–Trinajstić information content (AvgIpc) is 3.49. The molecule has 4 atom stereocenters. The van der Waals surface area contributed by atoms with Gasteiger partial charge in [-0.1, -0.05) is 54.6 Å². The molecule has 4 aromatic rings. The van der Waals surface area contributed by atoms with Crippen LogP contribution in [0.15, 0.2) is 104 Å². The average molecular weight is 528 g/mol. The summed E-state index contributed by atoms with van der Waals surface area (Å²) >= 11 is 0. The van der Waals surface area contributed by atoms with E-state index in [1.165, 1.54) is 0 Å². The Labute approximate surface area is 231 Å². The zero-order valence-electron chi connectivity index (χ0n) is 21.7. The fourth-order valence-corrected chi connectivity index (χ4v) is 6.81. The Hall–Kier alpha value is -5.04. The fraction of sp³-hybridized carbons (Fsp3) is 0.152. The zero-order valence-corrected chi connectivity index (χ0v) is 21.7. The zero-order chi connectivity index (χ0) is 27.4. The molecule has 40 heavy (non-hydrogen) atoms. The Morgan fingerprint density at radius 2 is 1.68 bits per heavy atom. The van der Waals surface area contributed by atoms with Gasteiger partial charge in [-0.3, -0.25) is 19.4 Å². The number of carbonyl (C=O) groups excluding carboxylic acids is 3. The maximum absolute atomic E-state index is 14.7. The van der Waals surface area contributed by atoms with Crippen LogP contribution in [0.4, 0.5) is 5.69 Å². The van der Waals surface area contributed by atoms with Crippen LogP contribution in [0.1, 0.15) is 43.4 Å². The number of amides is 1. The Bertz CT molecular complexity index is 1720. The van der Waals surface area contributed by atoms with Crippen molar-refractivity contribution in [2.75, 3.05) is 12.4 Å². The number of carbonyl (C=O) groups is 3. The lowest BCUT2D eigenvalue weighted by Gasteiger charge is -2.38. The summed E-state index contributed by atoms with van der Waals surface area (Å²) in [5.74, 6) is -1.32. The molecule has 0 aliphatic carbocycles. The van der Waals surface area contributed by atoms with Crippen LogP contribution in [0.5, 0.6) is 5.75 Å². The topological polar surface area (TPSA) is 88.6 Å². The number of para-hydroxylation sites is 1. The van der Waals surface area contributed by atoms with Crippen LogP contribution >= 0.6 is 0 Å². The molecule has 1 fully saturated rings. The minimum absolute atomic E-state index is 0.255. The molecule has 7 heteroatoms. The van der Waals surface area contributed by atoms with Crippen LogP contribution in [0.3, 0.4) is 0 Å². The minimum atomic E-state index is -1.36. The molecule has 7 nitrogen and oxygen atoms in total. The third-order valence-electron chi connectivity index (χ3n) is 8.44. The highest BCUT2D eigenvalue weighted by atomic mass is 16.5. The van der Waals surface area contributed by atoms with Crippen LogP contribution in [-0.2, 0) is 10.2 Å². The van der Waals surface area contributed by atoms with Gasteiger partial charge in [0.1, 0.15) is 17.2 Å². The predicted octanol–water partition coefficient (Wildman–Crippen LogP) is 5.07. The number of hydrogen-bond acceptors (Lipinski definition) is 6. The Morgan fingerprint density at radius 1 is 0.900 bits per heavy atom. The van der Waals surface area contributed by atoms with Crippen molar-refractivity contribution in [2.24, 2.45) is 5.92 Å². The molecule has 7 rings (SSSR count). The van der Waals surface area contributed by atoms with E-state index < -0.39 is 23.4 Å². The van der Waals surface area contributed by atoms with Crippen molar-refractivity contribution in [3.8, 4) is 5.75 Å². The summed E-state index contributed by atoms with van der Waals surface area (Å²) in [5, 5.41) is 3.06. The van der Waals surface area contributed by atoms with Gasteiger partial charge >= 0.3 is 0 Å². The summed E-state index contributed by atoms with van der Waals surface area (Å²) in [6.07, 6.45) is 6.92. The third kappa shape index (κ3) is 3.24. The third-order valence-corrected chi connectivity index (χ3v) is 8.44. The first-order valence-corrected chi connectivity index (χ1v) is 13.1. The first kappa shape index (κ1) is 24.0. The first-order valence-electron chi connectivity index (χ1n) is 13.1. The lowest BCUT2D eigenvalue weighted by atomic mass is 9.62. The largest absolute Gasteiger partial charge is 0.497 e. The molecule has 4 unspecified atom stereocenters. The van der Waals surface area contributed by atoms with Crippen molar-refractivity contribution in [1.29, 1.82) is 0 Å². The van der Waals surface area contributed by atoms with Gasteiger partial charge in [-0.05, 0) is 53.1 Å². The van der Waals surface area contributed by atoms with Crippen molar-refractivity contribution < 1.29 is 19.1 Å².